The Hall–Kier alpha value is -3.14. The number of rotatable bonds is 18. The highest BCUT2D eigenvalue weighted by Crippen LogP contribution is 2.36. The summed E-state index contributed by atoms with van der Waals surface area (Å²) >= 11 is 1.33. The standard InChI is InChI=1S/C31H45N5O4S/c1-6-10-22(16-21(8-3)9-4)17-31(5,19-40-28-27-25(18-34-36-27)32-20-33-28)30(39)35-23-12-14-24(15-13-23)41-26(11-7-2)29(37)38/h12-15,18,20-22,26H,6-11,16-17,19H2,1-5H3,(H,34,36)(H,35,39)(H,37,38). The second kappa shape index (κ2) is 15.7. The Kier molecular flexibility index (Phi) is 12.4. The molecule has 3 aromatic rings. The molecule has 0 radical (unpaired) electrons. The zero-order chi connectivity index (χ0) is 29.8. The number of nitrogens with zero attached hydrogens (tertiary/aromatic N) is 3. The van der Waals surface area contributed by atoms with E-state index in [0.29, 0.717) is 47.3 Å². The largest absolute Gasteiger partial charge is 0.480 e. The zero-order valence-corrected chi connectivity index (χ0v) is 25.8. The summed E-state index contributed by atoms with van der Waals surface area (Å²) in [6.07, 6.45) is 10.6. The summed E-state index contributed by atoms with van der Waals surface area (Å²) in [6.45, 7) is 10.8. The summed E-state index contributed by atoms with van der Waals surface area (Å²) in [6, 6.07) is 7.39. The average Bonchev–Trinajstić information content (AvgIpc) is 3.45. The molecule has 0 saturated heterocycles. The number of anilines is 1. The fourth-order valence-corrected chi connectivity index (χ4v) is 6.37. The van der Waals surface area contributed by atoms with Gasteiger partial charge in [-0.05, 0) is 62.3 Å². The van der Waals surface area contributed by atoms with Gasteiger partial charge in [0.1, 0.15) is 29.2 Å². The lowest BCUT2D eigenvalue weighted by Crippen LogP contribution is -2.40. The van der Waals surface area contributed by atoms with E-state index in [1.165, 1.54) is 18.1 Å². The lowest BCUT2D eigenvalue weighted by Gasteiger charge is -2.33. The fraction of sp³-hybridized carbons (Fsp3) is 0.581. The van der Waals surface area contributed by atoms with Gasteiger partial charge in [0.05, 0.1) is 11.6 Å². The minimum absolute atomic E-state index is 0.118. The summed E-state index contributed by atoms with van der Waals surface area (Å²) in [5.74, 6) is 0.453. The van der Waals surface area contributed by atoms with E-state index in [9.17, 15) is 14.7 Å². The Balaban J connectivity index is 1.81. The average molecular weight is 584 g/mol. The summed E-state index contributed by atoms with van der Waals surface area (Å²) in [7, 11) is 0. The van der Waals surface area contributed by atoms with Crippen molar-refractivity contribution in [2.75, 3.05) is 11.9 Å². The van der Waals surface area contributed by atoms with Gasteiger partial charge in [-0.2, -0.15) is 10.1 Å². The molecule has 0 bridgehead atoms. The van der Waals surface area contributed by atoms with E-state index in [0.717, 1.165) is 43.4 Å². The van der Waals surface area contributed by atoms with Crippen molar-refractivity contribution in [2.45, 2.75) is 96.1 Å². The zero-order valence-electron chi connectivity index (χ0n) is 25.0. The van der Waals surface area contributed by atoms with Crippen molar-refractivity contribution in [1.29, 1.82) is 0 Å². The number of carboxylic acid groups (broad SMARTS) is 1. The molecule has 3 unspecified atom stereocenters. The minimum Gasteiger partial charge on any atom is -0.480 e. The molecule has 1 amide bonds. The van der Waals surface area contributed by atoms with Gasteiger partial charge < -0.3 is 15.2 Å². The summed E-state index contributed by atoms with van der Waals surface area (Å²) in [5, 5.41) is 19.1. The number of fused-ring (bicyclic) bond motifs is 1. The van der Waals surface area contributed by atoms with Gasteiger partial charge in [-0.1, -0.05) is 59.8 Å². The van der Waals surface area contributed by atoms with E-state index in [1.54, 1.807) is 6.20 Å². The number of carbonyl (C=O) groups is 2. The van der Waals surface area contributed by atoms with Crippen LogP contribution in [0.1, 0.15) is 86.0 Å². The molecular weight excluding hydrogens is 538 g/mol. The van der Waals surface area contributed by atoms with Crippen LogP contribution in [0.3, 0.4) is 0 Å². The van der Waals surface area contributed by atoms with Crippen molar-refractivity contribution in [1.82, 2.24) is 20.2 Å². The third kappa shape index (κ3) is 9.18. The molecule has 2 aromatic heterocycles. The molecule has 2 heterocycles. The minimum atomic E-state index is -0.827. The second-order valence-electron chi connectivity index (χ2n) is 11.1. The van der Waals surface area contributed by atoms with E-state index in [-0.39, 0.29) is 12.5 Å². The quantitative estimate of drug-likeness (QED) is 0.132. The monoisotopic (exact) mass is 583 g/mol. The Morgan fingerprint density at radius 2 is 1.76 bits per heavy atom. The van der Waals surface area contributed by atoms with Gasteiger partial charge in [0, 0.05) is 10.6 Å². The van der Waals surface area contributed by atoms with Crippen molar-refractivity contribution in [3.8, 4) is 5.88 Å². The number of ether oxygens (including phenoxy) is 1. The number of carboxylic acids is 1. The van der Waals surface area contributed by atoms with Crippen molar-refractivity contribution in [2.24, 2.45) is 17.3 Å². The number of aliphatic carboxylic acids is 1. The molecule has 3 rings (SSSR count). The molecule has 0 aliphatic rings. The highest BCUT2D eigenvalue weighted by Gasteiger charge is 2.37. The first-order chi connectivity index (χ1) is 19.7. The number of hydrogen-bond donors (Lipinski definition) is 3. The van der Waals surface area contributed by atoms with Crippen LogP contribution < -0.4 is 10.1 Å². The molecule has 0 fully saturated rings. The molecule has 9 nitrogen and oxygen atoms in total. The number of aromatic amines is 1. The third-order valence-corrected chi connectivity index (χ3v) is 9.02. The Morgan fingerprint density at radius 1 is 1.05 bits per heavy atom. The number of aromatic nitrogens is 4. The highest BCUT2D eigenvalue weighted by atomic mass is 32.2. The first-order valence-corrected chi connectivity index (χ1v) is 15.7. The molecule has 0 aliphatic carbocycles. The molecule has 3 atom stereocenters. The molecule has 0 saturated carbocycles. The first-order valence-electron chi connectivity index (χ1n) is 14.8. The Morgan fingerprint density at radius 3 is 2.39 bits per heavy atom. The summed E-state index contributed by atoms with van der Waals surface area (Å²) < 4.78 is 6.20. The van der Waals surface area contributed by atoms with Crippen LogP contribution in [0.4, 0.5) is 5.69 Å². The van der Waals surface area contributed by atoms with E-state index in [4.69, 9.17) is 4.74 Å². The van der Waals surface area contributed by atoms with Gasteiger partial charge >= 0.3 is 5.97 Å². The SMILES string of the molecule is CCCC(CC(CC)CC)CC(C)(COc1ncnc2cn[nH]c12)C(=O)Nc1ccc(SC(CCC)C(=O)O)cc1. The maximum Gasteiger partial charge on any atom is 0.316 e. The van der Waals surface area contributed by atoms with Crippen LogP contribution in [0.2, 0.25) is 0 Å². The third-order valence-electron chi connectivity index (χ3n) is 7.75. The maximum atomic E-state index is 13.9. The number of hydrogen-bond acceptors (Lipinski definition) is 7. The van der Waals surface area contributed by atoms with Crippen LogP contribution in [-0.2, 0) is 9.59 Å². The van der Waals surface area contributed by atoms with Crippen LogP contribution >= 0.6 is 11.8 Å². The van der Waals surface area contributed by atoms with E-state index >= 15 is 0 Å². The lowest BCUT2D eigenvalue weighted by molar-refractivity contribution is -0.136. The van der Waals surface area contributed by atoms with Gasteiger partial charge in [0.15, 0.2) is 0 Å². The number of thioether (sulfide) groups is 1. The number of carbonyl (C=O) groups excluding carboxylic acids is 1. The van der Waals surface area contributed by atoms with Crippen molar-refractivity contribution >= 4 is 40.4 Å². The van der Waals surface area contributed by atoms with Crippen LogP contribution in [0.25, 0.3) is 11.0 Å². The molecule has 0 spiro atoms. The van der Waals surface area contributed by atoms with Crippen LogP contribution in [0, 0.1) is 17.3 Å². The lowest BCUT2D eigenvalue weighted by atomic mass is 9.75. The molecule has 41 heavy (non-hydrogen) atoms. The van der Waals surface area contributed by atoms with E-state index in [1.807, 2.05) is 38.1 Å². The van der Waals surface area contributed by atoms with Crippen LogP contribution in [0.15, 0.2) is 41.7 Å². The number of nitrogens with one attached hydrogen (secondary N) is 2. The predicted octanol–water partition coefficient (Wildman–Crippen LogP) is 7.35. The van der Waals surface area contributed by atoms with Crippen LogP contribution in [0.5, 0.6) is 5.88 Å². The first kappa shape index (κ1) is 32.4. The van der Waals surface area contributed by atoms with Crippen molar-refractivity contribution < 1.29 is 19.4 Å². The van der Waals surface area contributed by atoms with Crippen LogP contribution in [-0.4, -0.2) is 49.0 Å². The molecule has 10 heteroatoms. The van der Waals surface area contributed by atoms with Gasteiger partial charge in [0.2, 0.25) is 11.8 Å². The van der Waals surface area contributed by atoms with Crippen molar-refractivity contribution in [3.05, 3.63) is 36.8 Å². The Labute approximate surface area is 247 Å². The van der Waals surface area contributed by atoms with E-state index < -0.39 is 16.6 Å². The highest BCUT2D eigenvalue weighted by molar-refractivity contribution is 8.00. The number of H-pyrrole nitrogens is 1. The topological polar surface area (TPSA) is 130 Å². The summed E-state index contributed by atoms with van der Waals surface area (Å²) in [5.41, 5.74) is 1.10. The van der Waals surface area contributed by atoms with E-state index in [2.05, 4.69) is 46.3 Å². The van der Waals surface area contributed by atoms with Crippen molar-refractivity contribution in [3.63, 3.8) is 0 Å². The molecular formula is C31H45N5O4S. The molecule has 224 valence electrons. The molecule has 0 aliphatic heterocycles. The number of benzene rings is 1. The normalized spacial score (nSPS) is 14.5. The molecule has 3 N–H and O–H groups in total. The van der Waals surface area contributed by atoms with Gasteiger partial charge in [0.25, 0.3) is 0 Å². The molecule has 1 aromatic carbocycles. The van der Waals surface area contributed by atoms with Gasteiger partial charge in [-0.15, -0.1) is 11.8 Å². The second-order valence-corrected chi connectivity index (χ2v) is 12.4. The summed E-state index contributed by atoms with van der Waals surface area (Å²) in [4.78, 5) is 34.9. The Bertz CT molecular complexity index is 1250. The predicted molar refractivity (Wildman–Crippen MR) is 164 cm³/mol. The fourth-order valence-electron chi connectivity index (χ4n) is 5.30. The smallest absolute Gasteiger partial charge is 0.316 e. The van der Waals surface area contributed by atoms with Gasteiger partial charge in [-0.25, -0.2) is 4.98 Å². The van der Waals surface area contributed by atoms with Gasteiger partial charge in [-0.3, -0.25) is 14.7 Å². The number of amides is 1. The maximum absolute atomic E-state index is 13.9.